The molecule has 94 valence electrons. The molecular weight excluding hydrogens is 242 g/mol. The van der Waals surface area contributed by atoms with Gasteiger partial charge >= 0.3 is 0 Å². The summed E-state index contributed by atoms with van der Waals surface area (Å²) >= 11 is 0. The molecule has 0 saturated carbocycles. The number of ether oxygens (including phenoxy) is 2. The van der Waals surface area contributed by atoms with Gasteiger partial charge in [-0.05, 0) is 24.6 Å². The summed E-state index contributed by atoms with van der Waals surface area (Å²) in [4.78, 5) is 4.02. The van der Waals surface area contributed by atoms with Gasteiger partial charge in [0.2, 0.25) is 0 Å². The van der Waals surface area contributed by atoms with Gasteiger partial charge < -0.3 is 9.47 Å². The third kappa shape index (κ3) is 4.44. The highest BCUT2D eigenvalue weighted by Crippen LogP contribution is 2.25. The number of nitrogens with zero attached hydrogens (tertiary/aromatic N) is 1. The smallest absolute Gasteiger partial charge is 0.256 e. The fourth-order valence-corrected chi connectivity index (χ4v) is 1.56. The van der Waals surface area contributed by atoms with Gasteiger partial charge in [-0.25, -0.2) is 13.4 Å². The average molecular weight is 257 g/mol. The molecule has 0 aliphatic carbocycles. The minimum absolute atomic E-state index is 0.378. The molecule has 0 radical (unpaired) electrons. The first-order chi connectivity index (χ1) is 7.96. The van der Waals surface area contributed by atoms with Crippen LogP contribution >= 0.6 is 0 Å². The molecule has 0 spiro atoms. The lowest BCUT2D eigenvalue weighted by Gasteiger charge is -2.08. The van der Waals surface area contributed by atoms with Gasteiger partial charge in [0.1, 0.15) is 0 Å². The molecule has 6 heteroatoms. The third-order valence-electron chi connectivity index (χ3n) is 1.84. The minimum atomic E-state index is -3.14. The second-order valence-electron chi connectivity index (χ2n) is 3.34. The van der Waals surface area contributed by atoms with Crippen molar-refractivity contribution in [2.24, 2.45) is 0 Å². The van der Waals surface area contributed by atoms with E-state index in [0.29, 0.717) is 23.8 Å². The van der Waals surface area contributed by atoms with E-state index in [2.05, 4.69) is 4.98 Å². The van der Waals surface area contributed by atoms with E-state index >= 15 is 0 Å². The van der Waals surface area contributed by atoms with Crippen LogP contribution in [0.5, 0.6) is 11.6 Å². The zero-order valence-corrected chi connectivity index (χ0v) is 10.8. The quantitative estimate of drug-likeness (QED) is 0.799. The van der Waals surface area contributed by atoms with Crippen LogP contribution in [0.2, 0.25) is 0 Å². The largest absolute Gasteiger partial charge is 0.488 e. The summed E-state index contributed by atoms with van der Waals surface area (Å²) in [5.74, 6) is 0.869. The minimum Gasteiger partial charge on any atom is -0.488 e. The Morgan fingerprint density at radius 1 is 1.47 bits per heavy atom. The van der Waals surface area contributed by atoms with Gasteiger partial charge in [0.25, 0.3) is 5.88 Å². The Labute approximate surface area is 101 Å². The molecule has 1 heterocycles. The number of methoxy groups -OCH3 is 1. The first-order valence-electron chi connectivity index (χ1n) is 5.01. The van der Waals surface area contributed by atoms with Gasteiger partial charge in [0.15, 0.2) is 15.6 Å². The Morgan fingerprint density at radius 2 is 2.18 bits per heavy atom. The standard InChI is InChI=1S/C11H15NO4S/c1-4-16-10-7-9(5-6-17(3,13)14)8-12-11(10)15-2/h5-8H,4H2,1-3H3/b6-5-. The average Bonchev–Trinajstić information content (AvgIpc) is 2.26. The molecule has 0 atom stereocenters. The Morgan fingerprint density at radius 3 is 2.71 bits per heavy atom. The van der Waals surface area contributed by atoms with Gasteiger partial charge in [-0.2, -0.15) is 0 Å². The molecular formula is C11H15NO4S. The fourth-order valence-electron chi connectivity index (χ4n) is 1.15. The van der Waals surface area contributed by atoms with Crippen molar-refractivity contribution in [3.8, 4) is 11.6 Å². The second-order valence-corrected chi connectivity index (χ2v) is 5.27. The molecule has 0 fully saturated rings. The predicted octanol–water partition coefficient (Wildman–Crippen LogP) is 1.50. The molecule has 0 bridgehead atoms. The summed E-state index contributed by atoms with van der Waals surface area (Å²) in [5.41, 5.74) is 0.639. The van der Waals surface area contributed by atoms with Gasteiger partial charge in [-0.15, -0.1) is 0 Å². The van der Waals surface area contributed by atoms with Gasteiger partial charge in [0.05, 0.1) is 13.7 Å². The third-order valence-corrected chi connectivity index (χ3v) is 2.47. The van der Waals surface area contributed by atoms with Gasteiger partial charge in [-0.1, -0.05) is 0 Å². The first kappa shape index (κ1) is 13.5. The number of pyridine rings is 1. The van der Waals surface area contributed by atoms with Gasteiger partial charge in [0, 0.05) is 17.9 Å². The number of hydrogen-bond donors (Lipinski definition) is 0. The van der Waals surface area contributed by atoms with Gasteiger partial charge in [-0.3, -0.25) is 0 Å². The Bertz CT molecular complexity index is 508. The van der Waals surface area contributed by atoms with Crippen LogP contribution in [0.4, 0.5) is 0 Å². The van der Waals surface area contributed by atoms with E-state index in [1.54, 1.807) is 6.07 Å². The Kier molecular flexibility index (Phi) is 4.51. The van der Waals surface area contributed by atoms with Crippen molar-refractivity contribution in [3.05, 3.63) is 23.2 Å². The van der Waals surface area contributed by atoms with E-state index in [9.17, 15) is 8.42 Å². The predicted molar refractivity (Wildman–Crippen MR) is 65.8 cm³/mol. The molecule has 17 heavy (non-hydrogen) atoms. The van der Waals surface area contributed by atoms with E-state index in [4.69, 9.17) is 9.47 Å². The van der Waals surface area contributed by atoms with E-state index in [1.165, 1.54) is 19.4 Å². The molecule has 0 unspecified atom stereocenters. The Hall–Kier alpha value is -1.56. The fraction of sp³-hybridized carbons (Fsp3) is 0.364. The lowest BCUT2D eigenvalue weighted by atomic mass is 10.3. The van der Waals surface area contributed by atoms with E-state index in [-0.39, 0.29) is 0 Å². The van der Waals surface area contributed by atoms with Crippen LogP contribution in [0.25, 0.3) is 6.08 Å². The van der Waals surface area contributed by atoms with Crippen LogP contribution in [-0.2, 0) is 9.84 Å². The van der Waals surface area contributed by atoms with Crippen molar-refractivity contribution in [3.63, 3.8) is 0 Å². The number of hydrogen-bond acceptors (Lipinski definition) is 5. The van der Waals surface area contributed by atoms with E-state index < -0.39 is 9.84 Å². The van der Waals surface area contributed by atoms with Crippen LogP contribution in [-0.4, -0.2) is 33.4 Å². The normalized spacial score (nSPS) is 11.7. The van der Waals surface area contributed by atoms with Crippen LogP contribution in [0.1, 0.15) is 12.5 Å². The monoisotopic (exact) mass is 257 g/mol. The molecule has 1 aromatic rings. The van der Waals surface area contributed by atoms with Crippen LogP contribution in [0.3, 0.4) is 0 Å². The number of aromatic nitrogens is 1. The van der Waals surface area contributed by atoms with Crippen LogP contribution in [0, 0.1) is 0 Å². The molecule has 0 N–H and O–H groups in total. The van der Waals surface area contributed by atoms with Crippen molar-refractivity contribution >= 4 is 15.9 Å². The molecule has 0 aromatic carbocycles. The van der Waals surface area contributed by atoms with Crippen molar-refractivity contribution < 1.29 is 17.9 Å². The molecule has 0 aliphatic heterocycles. The highest BCUT2D eigenvalue weighted by molar-refractivity contribution is 7.93. The SMILES string of the molecule is CCOc1cc(/C=C\S(C)(=O)=O)cnc1OC. The van der Waals surface area contributed by atoms with Crippen molar-refractivity contribution in [2.75, 3.05) is 20.0 Å². The maximum Gasteiger partial charge on any atom is 0.256 e. The second kappa shape index (κ2) is 5.67. The lowest BCUT2D eigenvalue weighted by molar-refractivity contribution is 0.304. The number of rotatable bonds is 5. The molecule has 1 aromatic heterocycles. The van der Waals surface area contributed by atoms with Crippen molar-refractivity contribution in [1.82, 2.24) is 4.98 Å². The highest BCUT2D eigenvalue weighted by atomic mass is 32.2. The summed E-state index contributed by atoms with van der Waals surface area (Å²) in [5, 5.41) is 1.12. The maximum absolute atomic E-state index is 11.0. The summed E-state index contributed by atoms with van der Waals surface area (Å²) in [6.45, 7) is 2.33. The summed E-state index contributed by atoms with van der Waals surface area (Å²) in [6.07, 6.45) is 4.11. The highest BCUT2D eigenvalue weighted by Gasteiger charge is 2.05. The first-order valence-corrected chi connectivity index (χ1v) is 6.96. The zero-order valence-electron chi connectivity index (χ0n) is 10.0. The van der Waals surface area contributed by atoms with E-state index in [0.717, 1.165) is 11.7 Å². The lowest BCUT2D eigenvalue weighted by Crippen LogP contribution is -1.97. The molecule has 5 nitrogen and oxygen atoms in total. The number of sulfone groups is 1. The van der Waals surface area contributed by atoms with Crippen molar-refractivity contribution in [1.29, 1.82) is 0 Å². The zero-order chi connectivity index (χ0) is 12.9. The summed E-state index contributed by atoms with van der Waals surface area (Å²) in [6, 6.07) is 1.68. The van der Waals surface area contributed by atoms with Crippen molar-refractivity contribution in [2.45, 2.75) is 6.92 Å². The molecule has 1 rings (SSSR count). The molecule has 0 amide bonds. The topological polar surface area (TPSA) is 65.5 Å². The Balaban J connectivity index is 3.04. The summed E-state index contributed by atoms with van der Waals surface area (Å²) in [7, 11) is -1.65. The van der Waals surface area contributed by atoms with Crippen LogP contribution < -0.4 is 9.47 Å². The van der Waals surface area contributed by atoms with Crippen LogP contribution in [0.15, 0.2) is 17.7 Å². The maximum atomic E-state index is 11.0. The summed E-state index contributed by atoms with van der Waals surface area (Å²) < 4.78 is 32.3. The molecule has 0 aliphatic rings. The molecule has 0 saturated heterocycles. The van der Waals surface area contributed by atoms with E-state index in [1.807, 2.05) is 6.92 Å².